The van der Waals surface area contributed by atoms with Crippen molar-refractivity contribution in [3.63, 3.8) is 0 Å². The van der Waals surface area contributed by atoms with E-state index in [1.54, 1.807) is 18.4 Å². The predicted molar refractivity (Wildman–Crippen MR) is 83.6 cm³/mol. The van der Waals surface area contributed by atoms with E-state index in [-0.39, 0.29) is 0 Å². The monoisotopic (exact) mass is 312 g/mol. The summed E-state index contributed by atoms with van der Waals surface area (Å²) in [5, 5.41) is 6.46. The molecular weight excluding hydrogens is 296 g/mol. The first-order valence-corrected chi connectivity index (χ1v) is 7.49. The van der Waals surface area contributed by atoms with Gasteiger partial charge in [-0.05, 0) is 19.1 Å². The number of aromatic nitrogens is 2. The first-order chi connectivity index (χ1) is 9.71. The standard InChI is InChI=1S/C13H17ClN4OS/c1-3-15-11-6-12(18-13(17-11)8-19-2)16-7-9-4-5-10(14)20-9/h4-6H,3,7-8H2,1-2H3,(H2,15,16,17,18). The van der Waals surface area contributed by atoms with Crippen molar-refractivity contribution in [3.8, 4) is 0 Å². The summed E-state index contributed by atoms with van der Waals surface area (Å²) in [7, 11) is 1.63. The largest absolute Gasteiger partial charge is 0.377 e. The van der Waals surface area contributed by atoms with E-state index < -0.39 is 0 Å². The van der Waals surface area contributed by atoms with Crippen molar-refractivity contribution >= 4 is 34.6 Å². The molecule has 20 heavy (non-hydrogen) atoms. The molecule has 108 valence electrons. The molecule has 0 aromatic carbocycles. The van der Waals surface area contributed by atoms with E-state index in [1.807, 2.05) is 25.1 Å². The van der Waals surface area contributed by atoms with Gasteiger partial charge in [-0.2, -0.15) is 0 Å². The summed E-state index contributed by atoms with van der Waals surface area (Å²) in [6, 6.07) is 5.78. The molecule has 0 aliphatic carbocycles. The molecule has 7 heteroatoms. The van der Waals surface area contributed by atoms with Gasteiger partial charge in [0.1, 0.15) is 18.2 Å². The van der Waals surface area contributed by atoms with Gasteiger partial charge in [-0.1, -0.05) is 11.6 Å². The maximum Gasteiger partial charge on any atom is 0.158 e. The lowest BCUT2D eigenvalue weighted by molar-refractivity contribution is 0.178. The first-order valence-electron chi connectivity index (χ1n) is 6.30. The predicted octanol–water partition coefficient (Wildman–Crippen LogP) is 3.38. The molecule has 0 bridgehead atoms. The van der Waals surface area contributed by atoms with E-state index >= 15 is 0 Å². The molecule has 0 unspecified atom stereocenters. The van der Waals surface area contributed by atoms with E-state index in [0.29, 0.717) is 19.0 Å². The van der Waals surface area contributed by atoms with Gasteiger partial charge in [-0.3, -0.25) is 0 Å². The van der Waals surface area contributed by atoms with Gasteiger partial charge in [0.25, 0.3) is 0 Å². The van der Waals surface area contributed by atoms with Gasteiger partial charge in [0.05, 0.1) is 10.9 Å². The number of hydrogen-bond acceptors (Lipinski definition) is 6. The summed E-state index contributed by atoms with van der Waals surface area (Å²) in [5.41, 5.74) is 0. The summed E-state index contributed by atoms with van der Waals surface area (Å²) in [4.78, 5) is 9.94. The lowest BCUT2D eigenvalue weighted by Crippen LogP contribution is -2.08. The Kier molecular flexibility index (Phi) is 5.58. The third kappa shape index (κ3) is 4.33. The number of methoxy groups -OCH3 is 1. The Labute approximate surface area is 127 Å². The van der Waals surface area contributed by atoms with Gasteiger partial charge in [0.2, 0.25) is 0 Å². The molecule has 5 nitrogen and oxygen atoms in total. The van der Waals surface area contributed by atoms with Gasteiger partial charge in [0, 0.05) is 24.6 Å². The molecule has 0 radical (unpaired) electrons. The van der Waals surface area contributed by atoms with Crippen LogP contribution in [0, 0.1) is 0 Å². The molecule has 2 aromatic heterocycles. The van der Waals surface area contributed by atoms with Crippen LogP contribution in [-0.2, 0) is 17.9 Å². The van der Waals surface area contributed by atoms with E-state index in [9.17, 15) is 0 Å². The Morgan fingerprint density at radius 3 is 2.60 bits per heavy atom. The van der Waals surface area contributed by atoms with Crippen molar-refractivity contribution in [2.75, 3.05) is 24.3 Å². The Bertz CT molecular complexity index is 537. The molecule has 2 aromatic rings. The topological polar surface area (TPSA) is 59.1 Å². The molecule has 2 rings (SSSR count). The summed E-state index contributed by atoms with van der Waals surface area (Å²) in [5.74, 6) is 2.21. The maximum absolute atomic E-state index is 5.91. The number of rotatable bonds is 7. The van der Waals surface area contributed by atoms with Crippen molar-refractivity contribution in [2.45, 2.75) is 20.1 Å². The van der Waals surface area contributed by atoms with Crippen molar-refractivity contribution in [2.24, 2.45) is 0 Å². The zero-order valence-electron chi connectivity index (χ0n) is 11.4. The van der Waals surface area contributed by atoms with Gasteiger partial charge < -0.3 is 15.4 Å². The average molecular weight is 313 g/mol. The van der Waals surface area contributed by atoms with Gasteiger partial charge in [-0.15, -0.1) is 11.3 Å². The Morgan fingerprint density at radius 2 is 2.00 bits per heavy atom. The van der Waals surface area contributed by atoms with Gasteiger partial charge in [0.15, 0.2) is 5.82 Å². The smallest absolute Gasteiger partial charge is 0.158 e. The van der Waals surface area contributed by atoms with Gasteiger partial charge in [-0.25, -0.2) is 9.97 Å². The van der Waals surface area contributed by atoms with E-state index in [1.165, 1.54) is 0 Å². The number of anilines is 2. The minimum absolute atomic E-state index is 0.388. The van der Waals surface area contributed by atoms with Crippen LogP contribution in [0.1, 0.15) is 17.6 Å². The zero-order chi connectivity index (χ0) is 14.4. The molecule has 0 fully saturated rings. The fourth-order valence-corrected chi connectivity index (χ4v) is 2.70. The van der Waals surface area contributed by atoms with Crippen molar-refractivity contribution in [3.05, 3.63) is 33.2 Å². The lowest BCUT2D eigenvalue weighted by atomic mass is 10.4. The quantitative estimate of drug-likeness (QED) is 0.820. The van der Waals surface area contributed by atoms with Crippen molar-refractivity contribution < 1.29 is 4.74 Å². The third-order valence-electron chi connectivity index (χ3n) is 2.48. The van der Waals surface area contributed by atoms with Crippen molar-refractivity contribution in [1.82, 2.24) is 9.97 Å². The Balaban J connectivity index is 2.08. The van der Waals surface area contributed by atoms with Crippen LogP contribution in [0.3, 0.4) is 0 Å². The lowest BCUT2D eigenvalue weighted by Gasteiger charge is -2.09. The Morgan fingerprint density at radius 1 is 1.25 bits per heavy atom. The highest BCUT2D eigenvalue weighted by Crippen LogP contribution is 2.22. The molecule has 2 N–H and O–H groups in total. The minimum Gasteiger partial charge on any atom is -0.377 e. The normalized spacial score (nSPS) is 10.6. The number of ether oxygens (including phenoxy) is 1. The van der Waals surface area contributed by atoms with Crippen LogP contribution in [0.15, 0.2) is 18.2 Å². The molecule has 0 amide bonds. The second-order valence-electron chi connectivity index (χ2n) is 4.08. The van der Waals surface area contributed by atoms with Crippen LogP contribution in [0.2, 0.25) is 4.34 Å². The highest BCUT2D eigenvalue weighted by molar-refractivity contribution is 7.16. The van der Waals surface area contributed by atoms with Crippen LogP contribution < -0.4 is 10.6 Å². The fourth-order valence-electron chi connectivity index (χ4n) is 1.68. The third-order valence-corrected chi connectivity index (χ3v) is 3.71. The number of nitrogens with zero attached hydrogens (tertiary/aromatic N) is 2. The number of hydrogen-bond donors (Lipinski definition) is 2. The highest BCUT2D eigenvalue weighted by atomic mass is 35.5. The zero-order valence-corrected chi connectivity index (χ0v) is 13.0. The molecule has 0 saturated carbocycles. The maximum atomic E-state index is 5.91. The number of halogens is 1. The highest BCUT2D eigenvalue weighted by Gasteiger charge is 2.05. The molecule has 0 aliphatic rings. The molecule has 0 aliphatic heterocycles. The first kappa shape index (κ1) is 15.0. The summed E-state index contributed by atoms with van der Waals surface area (Å²) < 4.78 is 5.88. The van der Waals surface area contributed by atoms with Crippen LogP contribution in [-0.4, -0.2) is 23.6 Å². The summed E-state index contributed by atoms with van der Waals surface area (Å²) >= 11 is 7.47. The molecular formula is C13H17ClN4OS. The molecule has 0 saturated heterocycles. The van der Waals surface area contributed by atoms with E-state index in [4.69, 9.17) is 16.3 Å². The van der Waals surface area contributed by atoms with Crippen LogP contribution >= 0.6 is 22.9 Å². The van der Waals surface area contributed by atoms with Gasteiger partial charge >= 0.3 is 0 Å². The SMILES string of the molecule is CCNc1cc(NCc2ccc(Cl)s2)nc(COC)n1. The number of nitrogens with one attached hydrogen (secondary N) is 2. The van der Waals surface area contributed by atoms with Crippen molar-refractivity contribution in [1.29, 1.82) is 0 Å². The minimum atomic E-state index is 0.388. The van der Waals surface area contributed by atoms with E-state index in [2.05, 4.69) is 20.6 Å². The fraction of sp³-hybridized carbons (Fsp3) is 0.385. The van der Waals surface area contributed by atoms with Crippen LogP contribution in [0.4, 0.5) is 11.6 Å². The average Bonchev–Trinajstić information content (AvgIpc) is 2.83. The molecule has 0 atom stereocenters. The van der Waals surface area contributed by atoms with Crippen LogP contribution in [0.5, 0.6) is 0 Å². The van der Waals surface area contributed by atoms with E-state index in [0.717, 1.165) is 27.4 Å². The second kappa shape index (κ2) is 7.42. The summed E-state index contributed by atoms with van der Waals surface area (Å²) in [6.45, 7) is 3.91. The second-order valence-corrected chi connectivity index (χ2v) is 5.88. The Hall–Kier alpha value is -1.37. The van der Waals surface area contributed by atoms with Crippen LogP contribution in [0.25, 0.3) is 0 Å². The molecule has 0 spiro atoms. The number of thiophene rings is 1. The molecule has 2 heterocycles. The summed E-state index contributed by atoms with van der Waals surface area (Å²) in [6.07, 6.45) is 0.